The molecule has 0 N–H and O–H groups in total. The first-order chi connectivity index (χ1) is 25.3. The molecule has 0 atom stereocenters. The van der Waals surface area contributed by atoms with E-state index < -0.39 is 0 Å². The van der Waals surface area contributed by atoms with Crippen LogP contribution in [-0.2, 0) is 0 Å². The van der Waals surface area contributed by atoms with Crippen LogP contribution in [0.25, 0.3) is 77.5 Å². The second-order valence-electron chi connectivity index (χ2n) is 12.7. The number of aromatic nitrogens is 1. The van der Waals surface area contributed by atoms with Crippen LogP contribution in [-0.4, -0.2) is 4.98 Å². The number of hydrogen-bond donors (Lipinski definition) is 0. The van der Waals surface area contributed by atoms with Gasteiger partial charge in [0.2, 0.25) is 5.89 Å². The summed E-state index contributed by atoms with van der Waals surface area (Å²) in [5.74, 6) is 0.586. The Labute approximate surface area is 294 Å². The first kappa shape index (κ1) is 29.0. The fourth-order valence-electron chi connectivity index (χ4n) is 7.28. The Bertz CT molecular complexity index is 2830. The minimum absolute atomic E-state index is 0.586. The maximum atomic E-state index is 6.56. The lowest BCUT2D eigenvalue weighted by Gasteiger charge is -2.26. The molecule has 0 saturated carbocycles. The van der Waals surface area contributed by atoms with Crippen molar-refractivity contribution in [3.63, 3.8) is 0 Å². The molecule has 0 saturated heterocycles. The minimum Gasteiger partial charge on any atom is -0.455 e. The van der Waals surface area contributed by atoms with Crippen molar-refractivity contribution in [3.05, 3.63) is 182 Å². The van der Waals surface area contributed by atoms with Crippen molar-refractivity contribution in [2.75, 3.05) is 4.90 Å². The summed E-state index contributed by atoms with van der Waals surface area (Å²) in [7, 11) is 0. The zero-order chi connectivity index (χ0) is 33.7. The van der Waals surface area contributed by atoms with E-state index in [-0.39, 0.29) is 0 Å². The lowest BCUT2D eigenvalue weighted by Crippen LogP contribution is -2.09. The van der Waals surface area contributed by atoms with E-state index in [4.69, 9.17) is 13.8 Å². The normalized spacial score (nSPS) is 11.5. The second-order valence-corrected chi connectivity index (χ2v) is 12.7. The van der Waals surface area contributed by atoms with Crippen LogP contribution < -0.4 is 4.90 Å². The topological polar surface area (TPSA) is 42.4 Å². The molecule has 8 aromatic carbocycles. The van der Waals surface area contributed by atoms with Gasteiger partial charge in [-0.3, -0.25) is 0 Å². The lowest BCUT2D eigenvalue weighted by molar-refractivity contribution is 0.620. The monoisotopic (exact) mass is 654 g/mol. The molecule has 2 heterocycles. The van der Waals surface area contributed by atoms with Crippen molar-refractivity contribution in [2.24, 2.45) is 0 Å². The van der Waals surface area contributed by atoms with E-state index in [9.17, 15) is 0 Å². The van der Waals surface area contributed by atoms with Gasteiger partial charge in [0.15, 0.2) is 5.58 Å². The number of fused-ring (bicyclic) bond motifs is 5. The van der Waals surface area contributed by atoms with E-state index in [0.717, 1.165) is 66.8 Å². The number of hydrogen-bond acceptors (Lipinski definition) is 4. The zero-order valence-electron chi connectivity index (χ0n) is 27.5. The Morgan fingerprint density at radius 3 is 1.78 bits per heavy atom. The maximum Gasteiger partial charge on any atom is 0.227 e. The third-order valence-electron chi connectivity index (χ3n) is 9.70. The van der Waals surface area contributed by atoms with Crippen LogP contribution in [0.2, 0.25) is 0 Å². The summed E-state index contributed by atoms with van der Waals surface area (Å²) in [6, 6.07) is 63.3. The quantitative estimate of drug-likeness (QED) is 0.179. The van der Waals surface area contributed by atoms with E-state index >= 15 is 0 Å². The van der Waals surface area contributed by atoms with E-state index in [1.807, 2.05) is 48.5 Å². The van der Waals surface area contributed by atoms with Crippen LogP contribution >= 0.6 is 0 Å². The van der Waals surface area contributed by atoms with Gasteiger partial charge in [0.05, 0.1) is 5.56 Å². The summed E-state index contributed by atoms with van der Waals surface area (Å²) in [5.41, 5.74) is 11.6. The number of nitrogens with zero attached hydrogens (tertiary/aromatic N) is 2. The van der Waals surface area contributed by atoms with Gasteiger partial charge in [-0.1, -0.05) is 121 Å². The highest BCUT2D eigenvalue weighted by Crippen LogP contribution is 2.43. The Morgan fingerprint density at radius 1 is 0.412 bits per heavy atom. The van der Waals surface area contributed by atoms with Crippen molar-refractivity contribution in [1.82, 2.24) is 4.98 Å². The molecule has 2 aromatic heterocycles. The molecular formula is C47H30N2O2. The summed E-state index contributed by atoms with van der Waals surface area (Å²) >= 11 is 0. The van der Waals surface area contributed by atoms with Crippen LogP contribution in [0.4, 0.5) is 17.1 Å². The molecule has 4 nitrogen and oxygen atoms in total. The van der Waals surface area contributed by atoms with Crippen LogP contribution in [0.1, 0.15) is 0 Å². The number of para-hydroxylation sites is 2. The van der Waals surface area contributed by atoms with Gasteiger partial charge in [-0.05, 0) is 88.1 Å². The smallest absolute Gasteiger partial charge is 0.227 e. The molecule has 51 heavy (non-hydrogen) atoms. The van der Waals surface area contributed by atoms with Crippen LogP contribution in [0.15, 0.2) is 191 Å². The summed E-state index contributed by atoms with van der Waals surface area (Å²) in [5, 5.41) is 4.54. The molecule has 240 valence electrons. The highest BCUT2D eigenvalue weighted by molar-refractivity contribution is 6.16. The van der Waals surface area contributed by atoms with Crippen LogP contribution in [0.3, 0.4) is 0 Å². The van der Waals surface area contributed by atoms with Gasteiger partial charge in [0, 0.05) is 33.4 Å². The highest BCUT2D eigenvalue weighted by Gasteiger charge is 2.22. The zero-order valence-corrected chi connectivity index (χ0v) is 27.5. The predicted molar refractivity (Wildman–Crippen MR) is 210 cm³/mol. The van der Waals surface area contributed by atoms with Gasteiger partial charge in [-0.15, -0.1) is 0 Å². The van der Waals surface area contributed by atoms with Gasteiger partial charge < -0.3 is 13.7 Å². The highest BCUT2D eigenvalue weighted by atomic mass is 16.4. The molecule has 4 heteroatoms. The Hall–Kier alpha value is -6.91. The number of oxazole rings is 1. The van der Waals surface area contributed by atoms with Crippen molar-refractivity contribution in [3.8, 4) is 33.7 Å². The van der Waals surface area contributed by atoms with Crippen LogP contribution in [0, 0.1) is 0 Å². The van der Waals surface area contributed by atoms with Gasteiger partial charge in [0.1, 0.15) is 16.7 Å². The van der Waals surface area contributed by atoms with Gasteiger partial charge in [-0.25, -0.2) is 4.98 Å². The minimum atomic E-state index is 0.586. The number of anilines is 3. The summed E-state index contributed by atoms with van der Waals surface area (Å²) < 4.78 is 13.0. The van der Waals surface area contributed by atoms with Crippen molar-refractivity contribution < 1.29 is 8.83 Å². The molecule has 10 aromatic rings. The molecule has 0 bridgehead atoms. The summed E-state index contributed by atoms with van der Waals surface area (Å²) in [6.07, 6.45) is 0. The SMILES string of the molecule is c1ccc(-c2nc3c(-c4ccc(N(c5ccccc5)c5ccc(-c6cccc7ccccc67)cc5)cc4)c4oc5ccccc5c4cc3o2)cc1. The first-order valence-corrected chi connectivity index (χ1v) is 17.1. The number of rotatable bonds is 6. The molecule has 0 amide bonds. The van der Waals surface area contributed by atoms with E-state index in [1.165, 1.54) is 21.9 Å². The van der Waals surface area contributed by atoms with E-state index in [0.29, 0.717) is 5.89 Å². The number of benzene rings is 8. The maximum absolute atomic E-state index is 6.56. The average Bonchev–Trinajstić information content (AvgIpc) is 3.80. The molecule has 0 aliphatic heterocycles. The third-order valence-corrected chi connectivity index (χ3v) is 9.70. The Balaban J connectivity index is 1.10. The lowest BCUT2D eigenvalue weighted by atomic mass is 9.98. The largest absolute Gasteiger partial charge is 0.455 e. The average molecular weight is 655 g/mol. The fraction of sp³-hybridized carbons (Fsp3) is 0. The third kappa shape index (κ3) is 4.96. The van der Waals surface area contributed by atoms with Crippen LogP contribution in [0.5, 0.6) is 0 Å². The van der Waals surface area contributed by atoms with E-state index in [1.54, 1.807) is 0 Å². The molecule has 0 aliphatic carbocycles. The standard InChI is InChI=1S/C47H30N2O2/c1-3-13-34(14-4-1)47-48-45-43(51-47)30-41-40-19-9-10-21-42(40)50-46(41)44(45)33-24-28-37(29-25-33)49(35-16-5-2-6-17-35)36-26-22-32(23-27-36)39-20-11-15-31-12-7-8-18-38(31)39/h1-30H. The fourth-order valence-corrected chi connectivity index (χ4v) is 7.28. The molecular weight excluding hydrogens is 625 g/mol. The first-order valence-electron chi connectivity index (χ1n) is 17.1. The summed E-state index contributed by atoms with van der Waals surface area (Å²) in [6.45, 7) is 0. The predicted octanol–water partition coefficient (Wildman–Crippen LogP) is 13.4. The molecule has 0 aliphatic rings. The molecule has 0 unspecified atom stereocenters. The molecule has 0 fully saturated rings. The molecule has 0 spiro atoms. The van der Waals surface area contributed by atoms with Gasteiger partial charge in [-0.2, -0.15) is 0 Å². The number of furan rings is 1. The second kappa shape index (κ2) is 11.9. The van der Waals surface area contributed by atoms with Gasteiger partial charge in [0.25, 0.3) is 0 Å². The Kier molecular flexibility index (Phi) is 6.78. The Morgan fingerprint density at radius 2 is 1.02 bits per heavy atom. The molecule has 10 rings (SSSR count). The van der Waals surface area contributed by atoms with E-state index in [2.05, 4.69) is 138 Å². The summed E-state index contributed by atoms with van der Waals surface area (Å²) in [4.78, 5) is 7.34. The van der Waals surface area contributed by atoms with Gasteiger partial charge >= 0.3 is 0 Å². The molecule has 0 radical (unpaired) electrons. The van der Waals surface area contributed by atoms with Crippen molar-refractivity contribution >= 4 is 60.9 Å². The van der Waals surface area contributed by atoms with Crippen molar-refractivity contribution in [2.45, 2.75) is 0 Å². The van der Waals surface area contributed by atoms with Crippen molar-refractivity contribution in [1.29, 1.82) is 0 Å².